The first-order chi connectivity index (χ1) is 10.7. The van der Waals surface area contributed by atoms with Gasteiger partial charge in [-0.2, -0.15) is 0 Å². The van der Waals surface area contributed by atoms with E-state index in [0.717, 1.165) is 12.0 Å². The summed E-state index contributed by atoms with van der Waals surface area (Å²) in [6.07, 6.45) is 4.21. The van der Waals surface area contributed by atoms with Gasteiger partial charge in [0.25, 0.3) is 0 Å². The van der Waals surface area contributed by atoms with Crippen molar-refractivity contribution >= 4 is 29.5 Å². The molecule has 22 heavy (non-hydrogen) atoms. The molecule has 0 unspecified atom stereocenters. The number of rotatable bonds is 3. The molecular formula is C17H13ClN2O2. The van der Waals surface area contributed by atoms with Crippen LogP contribution in [0, 0.1) is 0 Å². The summed E-state index contributed by atoms with van der Waals surface area (Å²) in [7, 11) is 0. The first-order valence-electron chi connectivity index (χ1n) is 6.89. The van der Waals surface area contributed by atoms with Crippen molar-refractivity contribution in [1.29, 1.82) is 0 Å². The maximum absolute atomic E-state index is 11.9. The van der Waals surface area contributed by atoms with Crippen molar-refractivity contribution in [2.45, 2.75) is 13.3 Å². The van der Waals surface area contributed by atoms with E-state index >= 15 is 0 Å². The van der Waals surface area contributed by atoms with Crippen molar-refractivity contribution in [2.75, 3.05) is 0 Å². The van der Waals surface area contributed by atoms with Crippen molar-refractivity contribution in [2.24, 2.45) is 4.99 Å². The van der Waals surface area contributed by atoms with Gasteiger partial charge in [0, 0.05) is 11.2 Å². The topological polar surface area (TPSA) is 51.6 Å². The van der Waals surface area contributed by atoms with Crippen LogP contribution in [0.1, 0.15) is 23.7 Å². The summed E-state index contributed by atoms with van der Waals surface area (Å²) in [5.74, 6) is -0.319. The fourth-order valence-electron chi connectivity index (χ4n) is 2.05. The molecule has 0 aliphatic carbocycles. The van der Waals surface area contributed by atoms with Gasteiger partial charge in [-0.25, -0.2) is 9.79 Å². The van der Waals surface area contributed by atoms with Crippen molar-refractivity contribution < 1.29 is 9.53 Å². The Bertz CT molecular complexity index is 780. The summed E-state index contributed by atoms with van der Waals surface area (Å²) < 4.78 is 5.15. The number of pyridine rings is 1. The number of aryl methyl sites for hydroxylation is 1. The normalized spacial score (nSPS) is 15.8. The fourth-order valence-corrected chi connectivity index (χ4v) is 2.21. The number of nitrogens with zero attached hydrogens (tertiary/aromatic N) is 2. The molecule has 0 radical (unpaired) electrons. The molecule has 2 aromatic rings. The number of aromatic nitrogens is 1. The molecule has 0 bridgehead atoms. The summed E-state index contributed by atoms with van der Waals surface area (Å²) in [5, 5.41) is 0.510. The van der Waals surface area contributed by atoms with Crippen molar-refractivity contribution in [3.8, 4) is 0 Å². The molecular weight excluding hydrogens is 300 g/mol. The highest BCUT2D eigenvalue weighted by Gasteiger charge is 2.25. The third-order valence-electron chi connectivity index (χ3n) is 3.25. The third-order valence-corrected chi connectivity index (χ3v) is 3.49. The predicted octanol–water partition coefficient (Wildman–Crippen LogP) is 3.64. The summed E-state index contributed by atoms with van der Waals surface area (Å²) in [6.45, 7) is 2.09. The average molecular weight is 313 g/mol. The Kier molecular flexibility index (Phi) is 4.02. The Morgan fingerprint density at radius 1 is 1.23 bits per heavy atom. The number of cyclic esters (lactones) is 1. The van der Waals surface area contributed by atoms with Crippen LogP contribution in [0.2, 0.25) is 5.02 Å². The number of halogens is 1. The summed E-state index contributed by atoms with van der Waals surface area (Å²) in [4.78, 5) is 20.2. The molecule has 4 nitrogen and oxygen atoms in total. The minimum atomic E-state index is -0.489. The molecule has 3 rings (SSSR count). The highest BCUT2D eigenvalue weighted by Crippen LogP contribution is 2.20. The standard InChI is InChI=1S/C17H13ClN2O2/c1-2-11-3-5-12(6-4-11)9-15-17(21)22-16(20-15)14-10-13(18)7-8-19-14/h3-10H,2H2,1H3/b15-9-. The fraction of sp³-hybridized carbons (Fsp3) is 0.118. The van der Waals surface area contributed by atoms with Crippen molar-refractivity contribution in [3.05, 3.63) is 70.1 Å². The van der Waals surface area contributed by atoms with E-state index in [0.29, 0.717) is 10.7 Å². The summed E-state index contributed by atoms with van der Waals surface area (Å²) in [6, 6.07) is 11.2. The van der Waals surface area contributed by atoms with Gasteiger partial charge in [0.05, 0.1) is 0 Å². The van der Waals surface area contributed by atoms with Gasteiger partial charge < -0.3 is 4.74 Å². The molecule has 0 fully saturated rings. The Balaban J connectivity index is 1.90. The highest BCUT2D eigenvalue weighted by atomic mass is 35.5. The van der Waals surface area contributed by atoms with Gasteiger partial charge in [-0.15, -0.1) is 0 Å². The third kappa shape index (κ3) is 3.07. The predicted molar refractivity (Wildman–Crippen MR) is 85.7 cm³/mol. The van der Waals surface area contributed by atoms with Crippen LogP contribution >= 0.6 is 11.6 Å². The zero-order chi connectivity index (χ0) is 15.5. The maximum atomic E-state index is 11.9. The van der Waals surface area contributed by atoms with Gasteiger partial charge in [-0.05, 0) is 35.8 Å². The van der Waals surface area contributed by atoms with E-state index < -0.39 is 5.97 Å². The van der Waals surface area contributed by atoms with Crippen LogP contribution in [0.3, 0.4) is 0 Å². The highest BCUT2D eigenvalue weighted by molar-refractivity contribution is 6.31. The lowest BCUT2D eigenvalue weighted by Gasteiger charge is -1.98. The number of esters is 1. The minimum absolute atomic E-state index is 0.170. The quantitative estimate of drug-likeness (QED) is 0.642. The largest absolute Gasteiger partial charge is 0.400 e. The molecule has 0 amide bonds. The van der Waals surface area contributed by atoms with E-state index in [-0.39, 0.29) is 11.6 Å². The lowest BCUT2D eigenvalue weighted by Crippen LogP contribution is -2.06. The van der Waals surface area contributed by atoms with E-state index in [4.69, 9.17) is 16.3 Å². The van der Waals surface area contributed by atoms with Gasteiger partial charge in [0.2, 0.25) is 5.90 Å². The zero-order valence-electron chi connectivity index (χ0n) is 11.9. The van der Waals surface area contributed by atoms with E-state index in [1.54, 1.807) is 24.4 Å². The van der Waals surface area contributed by atoms with Crippen LogP contribution in [0.5, 0.6) is 0 Å². The molecule has 1 aliphatic heterocycles. The maximum Gasteiger partial charge on any atom is 0.363 e. The molecule has 1 aromatic heterocycles. The smallest absolute Gasteiger partial charge is 0.363 e. The minimum Gasteiger partial charge on any atom is -0.400 e. The number of ether oxygens (including phenoxy) is 1. The Morgan fingerprint density at radius 3 is 2.68 bits per heavy atom. The zero-order valence-corrected chi connectivity index (χ0v) is 12.7. The number of carbonyl (C=O) groups is 1. The lowest BCUT2D eigenvalue weighted by atomic mass is 10.1. The van der Waals surface area contributed by atoms with Gasteiger partial charge in [-0.1, -0.05) is 42.8 Å². The van der Waals surface area contributed by atoms with Crippen LogP contribution in [0.25, 0.3) is 6.08 Å². The second kappa shape index (κ2) is 6.12. The molecule has 0 saturated carbocycles. The number of hydrogen-bond acceptors (Lipinski definition) is 4. The molecule has 110 valence electrons. The number of aliphatic imine (C=N–C) groups is 1. The van der Waals surface area contributed by atoms with Crippen LogP contribution in [0.15, 0.2) is 53.3 Å². The summed E-state index contributed by atoms with van der Waals surface area (Å²) >= 11 is 5.90. The molecule has 0 atom stereocenters. The number of benzene rings is 1. The van der Waals surface area contributed by atoms with Gasteiger partial charge in [-0.3, -0.25) is 4.98 Å². The van der Waals surface area contributed by atoms with E-state index in [9.17, 15) is 4.79 Å². The molecule has 5 heteroatoms. The second-order valence-electron chi connectivity index (χ2n) is 4.79. The average Bonchev–Trinajstić information content (AvgIpc) is 2.89. The number of carbonyl (C=O) groups excluding carboxylic acids is 1. The first kappa shape index (κ1) is 14.5. The Morgan fingerprint density at radius 2 is 2.00 bits per heavy atom. The lowest BCUT2D eigenvalue weighted by molar-refractivity contribution is -0.129. The van der Waals surface area contributed by atoms with Crippen LogP contribution in [-0.2, 0) is 16.0 Å². The van der Waals surface area contributed by atoms with E-state index in [1.165, 1.54) is 5.56 Å². The van der Waals surface area contributed by atoms with Gasteiger partial charge in [0.15, 0.2) is 5.70 Å². The molecule has 0 spiro atoms. The molecule has 1 aliphatic rings. The van der Waals surface area contributed by atoms with Gasteiger partial charge >= 0.3 is 5.97 Å². The van der Waals surface area contributed by atoms with Gasteiger partial charge in [0.1, 0.15) is 5.69 Å². The SMILES string of the molecule is CCc1ccc(/C=C2\N=C(c3cc(Cl)ccn3)OC2=O)cc1. The van der Waals surface area contributed by atoms with Crippen molar-refractivity contribution in [1.82, 2.24) is 4.98 Å². The van der Waals surface area contributed by atoms with E-state index in [2.05, 4.69) is 16.9 Å². The molecule has 0 N–H and O–H groups in total. The van der Waals surface area contributed by atoms with E-state index in [1.807, 2.05) is 24.3 Å². The summed E-state index contributed by atoms with van der Waals surface area (Å²) in [5.41, 5.74) is 2.82. The van der Waals surface area contributed by atoms with Crippen LogP contribution in [0.4, 0.5) is 0 Å². The van der Waals surface area contributed by atoms with Crippen molar-refractivity contribution in [3.63, 3.8) is 0 Å². The first-order valence-corrected chi connectivity index (χ1v) is 7.27. The Labute approximate surface area is 133 Å². The number of hydrogen-bond donors (Lipinski definition) is 0. The Hall–Kier alpha value is -2.46. The monoisotopic (exact) mass is 312 g/mol. The molecule has 1 aromatic carbocycles. The molecule has 0 saturated heterocycles. The van der Waals surface area contributed by atoms with Crippen LogP contribution in [-0.4, -0.2) is 16.9 Å². The molecule has 2 heterocycles. The van der Waals surface area contributed by atoms with Crippen LogP contribution < -0.4 is 0 Å². The second-order valence-corrected chi connectivity index (χ2v) is 5.23.